The fourth-order valence-electron chi connectivity index (χ4n) is 2.60. The van der Waals surface area contributed by atoms with E-state index in [2.05, 4.69) is 6.58 Å². The molecule has 0 unspecified atom stereocenters. The molecule has 130 valence electrons. The number of nitro benzene ring substituents is 1. The van der Waals surface area contributed by atoms with E-state index in [9.17, 15) is 23.3 Å². The van der Waals surface area contributed by atoms with Crippen LogP contribution in [0.1, 0.15) is 6.42 Å². The number of carbonyl (C=O) groups is 1. The van der Waals surface area contributed by atoms with Crippen molar-refractivity contribution < 1.29 is 23.2 Å². The first-order valence-electron chi connectivity index (χ1n) is 7.12. The second-order valence-corrected chi connectivity index (χ2v) is 7.18. The van der Waals surface area contributed by atoms with Crippen LogP contribution in [-0.2, 0) is 10.0 Å². The molecule has 2 rings (SSSR count). The van der Waals surface area contributed by atoms with Crippen LogP contribution in [0, 0.1) is 10.1 Å². The molecule has 24 heavy (non-hydrogen) atoms. The normalized spacial score (nSPS) is 17.9. The molecule has 1 aromatic carbocycles. The highest BCUT2D eigenvalue weighted by Gasteiger charge is 2.36. The first kappa shape index (κ1) is 17.9. The quantitative estimate of drug-likeness (QED) is 0.469. The van der Waals surface area contributed by atoms with Gasteiger partial charge in [-0.25, -0.2) is 13.2 Å². The third-order valence-corrected chi connectivity index (χ3v) is 5.74. The average molecular weight is 355 g/mol. The molecule has 1 aromatic rings. The molecule has 1 aliphatic heterocycles. The van der Waals surface area contributed by atoms with Gasteiger partial charge in [-0.15, -0.1) is 6.58 Å². The zero-order valence-corrected chi connectivity index (χ0v) is 13.6. The number of non-ortho nitro benzene ring substituents is 1. The Morgan fingerprint density at radius 2 is 2.08 bits per heavy atom. The van der Waals surface area contributed by atoms with Gasteiger partial charge in [-0.3, -0.25) is 10.1 Å². The van der Waals surface area contributed by atoms with Crippen LogP contribution in [0.5, 0.6) is 0 Å². The lowest BCUT2D eigenvalue weighted by Crippen LogP contribution is -2.42. The molecule has 0 saturated carbocycles. The molecule has 1 fully saturated rings. The summed E-state index contributed by atoms with van der Waals surface area (Å²) in [6.45, 7) is 3.90. The summed E-state index contributed by atoms with van der Waals surface area (Å²) in [4.78, 5) is 22.2. The molecule has 10 heteroatoms. The van der Waals surface area contributed by atoms with Crippen molar-refractivity contribution in [2.24, 2.45) is 0 Å². The third-order valence-electron chi connectivity index (χ3n) is 3.80. The zero-order chi connectivity index (χ0) is 17.9. The van der Waals surface area contributed by atoms with Crippen LogP contribution in [0.25, 0.3) is 0 Å². The second-order valence-electron chi connectivity index (χ2n) is 5.29. The molecule has 1 N–H and O–H groups in total. The molecule has 0 radical (unpaired) electrons. The summed E-state index contributed by atoms with van der Waals surface area (Å²) in [6, 6.07) is 4.09. The van der Waals surface area contributed by atoms with Crippen molar-refractivity contribution in [1.82, 2.24) is 9.21 Å². The van der Waals surface area contributed by atoms with E-state index >= 15 is 0 Å². The summed E-state index contributed by atoms with van der Waals surface area (Å²) in [5, 5.41) is 19.7. The third kappa shape index (κ3) is 3.54. The highest BCUT2D eigenvalue weighted by molar-refractivity contribution is 7.89. The number of hydrogen-bond donors (Lipinski definition) is 1. The van der Waals surface area contributed by atoms with Crippen molar-refractivity contribution in [2.45, 2.75) is 17.4 Å². The van der Waals surface area contributed by atoms with Crippen molar-refractivity contribution in [1.29, 1.82) is 0 Å². The average Bonchev–Trinajstić information content (AvgIpc) is 3.02. The molecular weight excluding hydrogens is 338 g/mol. The number of amides is 1. The highest BCUT2D eigenvalue weighted by Crippen LogP contribution is 2.25. The maximum atomic E-state index is 12.8. The monoisotopic (exact) mass is 355 g/mol. The van der Waals surface area contributed by atoms with Crippen molar-refractivity contribution in [2.75, 3.05) is 19.6 Å². The first-order chi connectivity index (χ1) is 11.3. The summed E-state index contributed by atoms with van der Waals surface area (Å²) >= 11 is 0. The number of carboxylic acid groups (broad SMARTS) is 1. The van der Waals surface area contributed by atoms with Gasteiger partial charge < -0.3 is 10.0 Å². The van der Waals surface area contributed by atoms with Crippen LogP contribution in [0.4, 0.5) is 10.5 Å². The summed E-state index contributed by atoms with van der Waals surface area (Å²) in [5.41, 5.74) is -0.206. The van der Waals surface area contributed by atoms with Gasteiger partial charge in [0.1, 0.15) is 0 Å². The molecule has 0 aromatic heterocycles. The van der Waals surface area contributed by atoms with Crippen LogP contribution < -0.4 is 0 Å². The van der Waals surface area contributed by atoms with Gasteiger partial charge >= 0.3 is 6.09 Å². The summed E-state index contributed by atoms with van der Waals surface area (Å²) in [6.07, 6.45) is 0.711. The van der Waals surface area contributed by atoms with Gasteiger partial charge in [-0.2, -0.15) is 4.31 Å². The number of likely N-dealkylation sites (tertiary alicyclic amines) is 1. The predicted molar refractivity (Wildman–Crippen MR) is 85.2 cm³/mol. The fourth-order valence-corrected chi connectivity index (χ4v) is 4.21. The molecule has 0 spiro atoms. The first-order valence-corrected chi connectivity index (χ1v) is 8.56. The lowest BCUT2D eigenvalue weighted by molar-refractivity contribution is -0.384. The Bertz CT molecular complexity index is 746. The number of nitrogens with zero attached hydrogens (tertiary/aromatic N) is 3. The molecule has 1 saturated heterocycles. The lowest BCUT2D eigenvalue weighted by Gasteiger charge is -2.26. The molecule has 0 aliphatic carbocycles. The maximum Gasteiger partial charge on any atom is 0.407 e. The summed E-state index contributed by atoms with van der Waals surface area (Å²) in [7, 11) is -3.92. The van der Waals surface area contributed by atoms with Crippen LogP contribution >= 0.6 is 0 Å². The van der Waals surface area contributed by atoms with E-state index in [1.165, 1.54) is 22.5 Å². The number of hydrogen-bond acceptors (Lipinski definition) is 5. The van der Waals surface area contributed by atoms with Gasteiger partial charge in [0.15, 0.2) is 0 Å². The molecule has 1 heterocycles. The highest BCUT2D eigenvalue weighted by atomic mass is 32.2. The second kappa shape index (κ2) is 6.97. The van der Waals surface area contributed by atoms with Gasteiger partial charge in [-0.05, 0) is 18.6 Å². The largest absolute Gasteiger partial charge is 0.465 e. The Morgan fingerprint density at radius 3 is 2.54 bits per heavy atom. The summed E-state index contributed by atoms with van der Waals surface area (Å²) < 4.78 is 26.8. The van der Waals surface area contributed by atoms with Gasteiger partial charge in [0.05, 0.1) is 9.82 Å². The number of nitro groups is 1. The van der Waals surface area contributed by atoms with Gasteiger partial charge in [-0.1, -0.05) is 6.08 Å². The molecular formula is C14H17N3O6S. The van der Waals surface area contributed by atoms with E-state index in [4.69, 9.17) is 5.11 Å². The van der Waals surface area contributed by atoms with Crippen LogP contribution in [-0.4, -0.2) is 59.4 Å². The lowest BCUT2D eigenvalue weighted by atomic mass is 10.2. The van der Waals surface area contributed by atoms with Crippen molar-refractivity contribution in [3.8, 4) is 0 Å². The Balaban J connectivity index is 2.30. The van der Waals surface area contributed by atoms with Gasteiger partial charge in [0.25, 0.3) is 5.69 Å². The number of rotatable bonds is 6. The fraction of sp³-hybridized carbons (Fsp3) is 0.357. The standard InChI is InChI=1S/C14H17N3O6S/c1-2-8-16(12-7-9-15(10-12)14(18)19)24(22,23)13-5-3-11(4-6-13)17(20)21/h2-6,12H,1,7-10H2,(H,18,19)/t12-/m1/s1. The van der Waals surface area contributed by atoms with E-state index < -0.39 is 27.1 Å². The molecule has 1 atom stereocenters. The Hall–Kier alpha value is -2.46. The smallest absolute Gasteiger partial charge is 0.407 e. The summed E-state index contributed by atoms with van der Waals surface area (Å²) in [5.74, 6) is 0. The molecule has 1 aliphatic rings. The zero-order valence-electron chi connectivity index (χ0n) is 12.7. The Kier molecular flexibility index (Phi) is 5.20. The van der Waals surface area contributed by atoms with E-state index in [-0.39, 0.29) is 30.2 Å². The van der Waals surface area contributed by atoms with Crippen LogP contribution in [0.3, 0.4) is 0 Å². The minimum Gasteiger partial charge on any atom is -0.465 e. The minimum atomic E-state index is -3.92. The number of sulfonamides is 1. The molecule has 9 nitrogen and oxygen atoms in total. The van der Waals surface area contributed by atoms with E-state index in [1.807, 2.05) is 0 Å². The minimum absolute atomic E-state index is 0.0252. The van der Waals surface area contributed by atoms with Crippen molar-refractivity contribution in [3.63, 3.8) is 0 Å². The topological polar surface area (TPSA) is 121 Å². The Labute approximate surface area is 139 Å². The van der Waals surface area contributed by atoms with E-state index in [0.717, 1.165) is 17.0 Å². The van der Waals surface area contributed by atoms with Crippen LogP contribution in [0.15, 0.2) is 41.8 Å². The van der Waals surface area contributed by atoms with E-state index in [0.29, 0.717) is 6.42 Å². The van der Waals surface area contributed by atoms with Crippen molar-refractivity contribution in [3.05, 3.63) is 47.0 Å². The molecule has 1 amide bonds. The van der Waals surface area contributed by atoms with Crippen LogP contribution in [0.2, 0.25) is 0 Å². The van der Waals surface area contributed by atoms with Gasteiger partial charge in [0.2, 0.25) is 10.0 Å². The maximum absolute atomic E-state index is 12.8. The molecule has 0 bridgehead atoms. The van der Waals surface area contributed by atoms with Crippen molar-refractivity contribution >= 4 is 21.8 Å². The number of benzene rings is 1. The van der Waals surface area contributed by atoms with Gasteiger partial charge in [0, 0.05) is 37.8 Å². The van der Waals surface area contributed by atoms with E-state index in [1.54, 1.807) is 0 Å². The Morgan fingerprint density at radius 1 is 1.46 bits per heavy atom. The SMILES string of the molecule is C=CCN([C@@H]1CCN(C(=O)O)C1)S(=O)(=O)c1ccc([N+](=O)[O-])cc1. The predicted octanol–water partition coefficient (Wildman–Crippen LogP) is 1.52.